The van der Waals surface area contributed by atoms with Crippen molar-refractivity contribution < 1.29 is 19.0 Å². The van der Waals surface area contributed by atoms with Crippen LogP contribution in [-0.2, 0) is 16.1 Å². The summed E-state index contributed by atoms with van der Waals surface area (Å²) < 4.78 is 19.4. The van der Waals surface area contributed by atoms with Gasteiger partial charge in [-0.1, -0.05) is 98.0 Å². The zero-order chi connectivity index (χ0) is 32.4. The van der Waals surface area contributed by atoms with Crippen LogP contribution in [0.4, 0.5) is 0 Å². The van der Waals surface area contributed by atoms with Gasteiger partial charge in [-0.05, 0) is 71.0 Å². The monoisotopic (exact) mass is 632 g/mol. The normalized spacial score (nSPS) is 14.7. The van der Waals surface area contributed by atoms with Crippen LogP contribution >= 0.6 is 11.3 Å². The maximum Gasteiger partial charge on any atom is 0.338 e. The summed E-state index contributed by atoms with van der Waals surface area (Å²) in [6, 6.07) is 27.4. The first kappa shape index (κ1) is 31.0. The van der Waals surface area contributed by atoms with E-state index in [-0.39, 0.29) is 12.2 Å². The quantitative estimate of drug-likeness (QED) is 0.170. The molecule has 4 aromatic carbocycles. The summed E-state index contributed by atoms with van der Waals surface area (Å²) in [5, 5.41) is 2.30. The Morgan fingerprint density at radius 1 is 1.00 bits per heavy atom. The number of hydrogen-bond donors (Lipinski definition) is 0. The van der Waals surface area contributed by atoms with Crippen molar-refractivity contribution in [1.29, 1.82) is 0 Å². The second-order valence-corrected chi connectivity index (χ2v) is 12.5. The molecule has 0 radical (unpaired) electrons. The minimum absolute atomic E-state index is 0.225. The highest BCUT2D eigenvalue weighted by Crippen LogP contribution is 2.32. The number of fused-ring (bicyclic) bond motifs is 2. The van der Waals surface area contributed by atoms with Gasteiger partial charge in [-0.2, -0.15) is 0 Å². The lowest BCUT2D eigenvalue weighted by atomic mass is 9.93. The second-order valence-electron chi connectivity index (χ2n) is 11.5. The van der Waals surface area contributed by atoms with Crippen molar-refractivity contribution in [1.82, 2.24) is 4.57 Å². The molecule has 0 unspecified atom stereocenters. The van der Waals surface area contributed by atoms with Crippen LogP contribution in [-0.4, -0.2) is 24.3 Å². The van der Waals surface area contributed by atoms with E-state index < -0.39 is 12.0 Å². The minimum Gasteiger partial charge on any atom is -0.493 e. The van der Waals surface area contributed by atoms with Crippen LogP contribution in [0.5, 0.6) is 11.5 Å². The third kappa shape index (κ3) is 6.00. The van der Waals surface area contributed by atoms with Gasteiger partial charge in [-0.3, -0.25) is 9.36 Å². The lowest BCUT2D eigenvalue weighted by Gasteiger charge is -2.25. The highest BCUT2D eigenvalue weighted by Gasteiger charge is 2.33. The van der Waals surface area contributed by atoms with E-state index in [0.717, 1.165) is 27.5 Å². The van der Waals surface area contributed by atoms with Crippen molar-refractivity contribution in [2.75, 3.05) is 13.7 Å². The number of carbonyl (C=O) groups is 1. The molecular weight excluding hydrogens is 596 g/mol. The molecule has 0 N–H and O–H groups in total. The fourth-order valence-electron chi connectivity index (χ4n) is 5.79. The molecule has 1 aromatic heterocycles. The SMILES string of the molecule is CCOC(=O)C1=C(C)N=c2s/c(=C\c3ccc(OCc4cccc5ccccc45)c(OC)c3)c(=O)n2[C@H]1c1ccc(C(C)C)cc1. The number of aromatic nitrogens is 1. The number of thiazole rings is 1. The van der Waals surface area contributed by atoms with Crippen LogP contribution in [0.25, 0.3) is 16.8 Å². The van der Waals surface area contributed by atoms with Gasteiger partial charge in [-0.25, -0.2) is 9.79 Å². The number of rotatable bonds is 9. The molecule has 5 aromatic rings. The minimum atomic E-state index is -0.655. The fourth-order valence-corrected chi connectivity index (χ4v) is 6.84. The number of ether oxygens (including phenoxy) is 3. The van der Waals surface area contributed by atoms with Crippen LogP contribution < -0.4 is 24.4 Å². The summed E-state index contributed by atoms with van der Waals surface area (Å²) in [7, 11) is 1.60. The zero-order valence-corrected chi connectivity index (χ0v) is 27.4. The maximum absolute atomic E-state index is 14.0. The lowest BCUT2D eigenvalue weighted by molar-refractivity contribution is -0.139. The Kier molecular flexibility index (Phi) is 8.90. The molecule has 234 valence electrons. The molecule has 6 rings (SSSR count). The molecule has 46 heavy (non-hydrogen) atoms. The van der Waals surface area contributed by atoms with E-state index in [1.807, 2.05) is 66.7 Å². The molecule has 0 aliphatic carbocycles. The summed E-state index contributed by atoms with van der Waals surface area (Å²) in [6.07, 6.45) is 1.82. The van der Waals surface area contributed by atoms with Gasteiger partial charge in [0.15, 0.2) is 16.3 Å². The highest BCUT2D eigenvalue weighted by molar-refractivity contribution is 7.07. The number of benzene rings is 4. The number of esters is 1. The van der Waals surface area contributed by atoms with Gasteiger partial charge in [0.1, 0.15) is 6.61 Å². The lowest BCUT2D eigenvalue weighted by Crippen LogP contribution is -2.39. The highest BCUT2D eigenvalue weighted by atomic mass is 32.1. The molecule has 1 aliphatic heterocycles. The Labute approximate surface area is 271 Å². The topological polar surface area (TPSA) is 79.1 Å². The van der Waals surface area contributed by atoms with Crippen LogP contribution in [0.15, 0.2) is 106 Å². The Morgan fingerprint density at radius 3 is 2.50 bits per heavy atom. The Bertz CT molecular complexity index is 2140. The van der Waals surface area contributed by atoms with Crippen molar-refractivity contribution in [2.24, 2.45) is 4.99 Å². The zero-order valence-electron chi connectivity index (χ0n) is 26.6. The van der Waals surface area contributed by atoms with E-state index in [0.29, 0.717) is 44.6 Å². The number of hydrogen-bond acceptors (Lipinski definition) is 7. The van der Waals surface area contributed by atoms with Gasteiger partial charge < -0.3 is 14.2 Å². The van der Waals surface area contributed by atoms with Gasteiger partial charge >= 0.3 is 5.97 Å². The molecule has 0 bridgehead atoms. The van der Waals surface area contributed by atoms with Crippen molar-refractivity contribution in [3.05, 3.63) is 138 Å². The Balaban J connectivity index is 1.36. The fraction of sp³-hybridized carbons (Fsp3) is 0.237. The van der Waals surface area contributed by atoms with Crippen molar-refractivity contribution in [3.8, 4) is 11.5 Å². The maximum atomic E-state index is 14.0. The third-order valence-corrected chi connectivity index (χ3v) is 9.17. The van der Waals surface area contributed by atoms with Crippen LogP contribution in [0.3, 0.4) is 0 Å². The average molecular weight is 633 g/mol. The Morgan fingerprint density at radius 2 is 1.76 bits per heavy atom. The molecule has 1 atom stereocenters. The largest absolute Gasteiger partial charge is 0.493 e. The van der Waals surface area contributed by atoms with Crippen LogP contribution in [0, 0.1) is 0 Å². The van der Waals surface area contributed by atoms with Gasteiger partial charge in [-0.15, -0.1) is 0 Å². The molecule has 8 heteroatoms. The van der Waals surface area contributed by atoms with E-state index in [4.69, 9.17) is 19.2 Å². The van der Waals surface area contributed by atoms with Gasteiger partial charge in [0.2, 0.25) is 0 Å². The van der Waals surface area contributed by atoms with E-state index in [1.165, 1.54) is 16.9 Å². The molecule has 0 amide bonds. The van der Waals surface area contributed by atoms with Crippen LogP contribution in [0.2, 0.25) is 0 Å². The van der Waals surface area contributed by atoms with Gasteiger partial charge in [0.05, 0.1) is 35.6 Å². The third-order valence-electron chi connectivity index (χ3n) is 8.18. The first-order chi connectivity index (χ1) is 22.3. The molecule has 0 fully saturated rings. The molecule has 7 nitrogen and oxygen atoms in total. The summed E-state index contributed by atoms with van der Waals surface area (Å²) in [6.45, 7) is 8.43. The summed E-state index contributed by atoms with van der Waals surface area (Å²) in [4.78, 5) is 32.5. The second kappa shape index (κ2) is 13.2. The molecule has 0 saturated carbocycles. The molecular formula is C38H36N2O5S. The summed E-state index contributed by atoms with van der Waals surface area (Å²) in [5.41, 5.74) is 4.53. The average Bonchev–Trinajstić information content (AvgIpc) is 3.36. The van der Waals surface area contributed by atoms with E-state index in [2.05, 4.69) is 38.1 Å². The molecule has 0 saturated heterocycles. The number of carbonyl (C=O) groups excluding carboxylic acids is 1. The smallest absolute Gasteiger partial charge is 0.338 e. The van der Waals surface area contributed by atoms with Gasteiger partial charge in [0, 0.05) is 0 Å². The Hall–Kier alpha value is -4.95. The van der Waals surface area contributed by atoms with E-state index >= 15 is 0 Å². The van der Waals surface area contributed by atoms with Gasteiger partial charge in [0.25, 0.3) is 5.56 Å². The van der Waals surface area contributed by atoms with Crippen molar-refractivity contribution in [3.63, 3.8) is 0 Å². The van der Waals surface area contributed by atoms with Crippen LogP contribution in [0.1, 0.15) is 61.9 Å². The number of methoxy groups -OCH3 is 1. The van der Waals surface area contributed by atoms with E-state index in [1.54, 1.807) is 25.5 Å². The summed E-state index contributed by atoms with van der Waals surface area (Å²) in [5.74, 6) is 1.04. The predicted molar refractivity (Wildman–Crippen MR) is 182 cm³/mol. The first-order valence-corrected chi connectivity index (χ1v) is 16.2. The standard InChI is InChI=1S/C38H36N2O5S/c1-6-44-37(42)34-24(4)39-38-40(35(34)28-17-15-26(16-18-28)23(2)3)36(41)33(46-38)21-25-14-19-31(32(20-25)43-5)45-22-29-12-9-11-27-10-7-8-13-30(27)29/h7-21,23,35H,6,22H2,1-5H3/b33-21-/t35-/m0/s1. The summed E-state index contributed by atoms with van der Waals surface area (Å²) >= 11 is 1.29. The number of allylic oxidation sites excluding steroid dienone is 1. The molecule has 1 aliphatic rings. The van der Waals surface area contributed by atoms with Crippen molar-refractivity contribution >= 4 is 34.2 Å². The molecule has 2 heterocycles. The number of nitrogens with zero attached hydrogens (tertiary/aromatic N) is 2. The molecule has 0 spiro atoms. The first-order valence-electron chi connectivity index (χ1n) is 15.4. The predicted octanol–water partition coefficient (Wildman–Crippen LogP) is 6.66. The van der Waals surface area contributed by atoms with Crippen molar-refractivity contribution in [2.45, 2.75) is 46.3 Å². The van der Waals surface area contributed by atoms with E-state index in [9.17, 15) is 9.59 Å².